The minimum absolute atomic E-state index is 0.260. The third-order valence-corrected chi connectivity index (χ3v) is 2.97. The van der Waals surface area contributed by atoms with Crippen LogP contribution in [0.3, 0.4) is 0 Å². The Hall–Kier alpha value is -2.72. The zero-order valence-corrected chi connectivity index (χ0v) is 10.3. The van der Waals surface area contributed by atoms with Crippen LogP contribution in [0.2, 0.25) is 0 Å². The predicted molar refractivity (Wildman–Crippen MR) is 78.0 cm³/mol. The van der Waals surface area contributed by atoms with Gasteiger partial charge in [-0.25, -0.2) is 0 Å². The first-order valence-corrected chi connectivity index (χ1v) is 6.11. The van der Waals surface area contributed by atoms with Crippen molar-refractivity contribution in [3.05, 3.63) is 77.9 Å². The van der Waals surface area contributed by atoms with Crippen LogP contribution in [0.5, 0.6) is 5.75 Å². The molecule has 19 heavy (non-hydrogen) atoms. The molecule has 1 N–H and O–H groups in total. The number of aromatic hydroxyl groups is 1. The third kappa shape index (κ3) is 2.59. The minimum Gasteiger partial charge on any atom is -0.508 e. The van der Waals surface area contributed by atoms with Crippen LogP contribution in [-0.2, 0) is 0 Å². The van der Waals surface area contributed by atoms with Crippen LogP contribution in [0.4, 0.5) is 0 Å². The molecule has 1 nitrogen and oxygen atoms in total. The van der Waals surface area contributed by atoms with E-state index in [1.54, 1.807) is 12.1 Å². The van der Waals surface area contributed by atoms with Gasteiger partial charge in [-0.1, -0.05) is 42.2 Å². The number of hydrogen-bond donors (Lipinski definition) is 1. The van der Waals surface area contributed by atoms with Gasteiger partial charge in [0.2, 0.25) is 0 Å². The maximum atomic E-state index is 9.21. The van der Waals surface area contributed by atoms with Crippen LogP contribution < -0.4 is 0 Å². The van der Waals surface area contributed by atoms with Gasteiger partial charge in [0.25, 0.3) is 0 Å². The summed E-state index contributed by atoms with van der Waals surface area (Å²) < 4.78 is 0. The Balaban J connectivity index is 1.95. The molecule has 0 amide bonds. The molecule has 0 fully saturated rings. The summed E-state index contributed by atoms with van der Waals surface area (Å²) in [5.74, 6) is 6.49. The lowest BCUT2D eigenvalue weighted by Crippen LogP contribution is -1.77. The minimum atomic E-state index is 0.260. The maximum Gasteiger partial charge on any atom is 0.115 e. The molecule has 0 spiro atoms. The second-order valence-corrected chi connectivity index (χ2v) is 4.36. The Bertz CT molecular complexity index is 774. The van der Waals surface area contributed by atoms with Crippen molar-refractivity contribution in [1.29, 1.82) is 0 Å². The van der Waals surface area contributed by atoms with E-state index in [9.17, 15) is 5.11 Å². The van der Waals surface area contributed by atoms with E-state index >= 15 is 0 Å². The Kier molecular flexibility index (Phi) is 2.92. The van der Waals surface area contributed by atoms with Crippen LogP contribution in [0.15, 0.2) is 66.7 Å². The van der Waals surface area contributed by atoms with E-state index in [0.29, 0.717) is 0 Å². The summed E-state index contributed by atoms with van der Waals surface area (Å²) in [7, 11) is 0. The molecule has 0 saturated carbocycles. The van der Waals surface area contributed by atoms with Crippen LogP contribution in [-0.4, -0.2) is 5.11 Å². The van der Waals surface area contributed by atoms with E-state index in [4.69, 9.17) is 0 Å². The molecule has 0 radical (unpaired) electrons. The number of benzene rings is 3. The summed E-state index contributed by atoms with van der Waals surface area (Å²) in [5.41, 5.74) is 1.89. The topological polar surface area (TPSA) is 20.2 Å². The first-order valence-electron chi connectivity index (χ1n) is 6.11. The molecule has 0 unspecified atom stereocenters. The number of phenolic OH excluding ortho intramolecular Hbond substituents is 1. The van der Waals surface area contributed by atoms with Gasteiger partial charge in [0.1, 0.15) is 5.75 Å². The fourth-order valence-electron chi connectivity index (χ4n) is 1.96. The number of hydrogen-bond acceptors (Lipinski definition) is 1. The summed E-state index contributed by atoms with van der Waals surface area (Å²) in [6.45, 7) is 0. The van der Waals surface area contributed by atoms with Gasteiger partial charge in [-0.15, -0.1) is 0 Å². The van der Waals surface area contributed by atoms with Crippen molar-refractivity contribution in [2.45, 2.75) is 0 Å². The van der Waals surface area contributed by atoms with Gasteiger partial charge < -0.3 is 5.11 Å². The van der Waals surface area contributed by atoms with Gasteiger partial charge in [0.15, 0.2) is 0 Å². The van der Waals surface area contributed by atoms with E-state index in [1.807, 2.05) is 30.3 Å². The van der Waals surface area contributed by atoms with Crippen LogP contribution in [0, 0.1) is 11.8 Å². The fraction of sp³-hybridized carbons (Fsp3) is 0. The van der Waals surface area contributed by atoms with Gasteiger partial charge in [0, 0.05) is 11.1 Å². The normalized spacial score (nSPS) is 9.89. The molecule has 0 saturated heterocycles. The van der Waals surface area contributed by atoms with E-state index in [-0.39, 0.29) is 5.75 Å². The molecule has 0 bridgehead atoms. The number of phenols is 1. The Morgan fingerprint density at radius 2 is 1.26 bits per heavy atom. The molecule has 3 rings (SSSR count). The van der Waals surface area contributed by atoms with Crippen molar-refractivity contribution in [3.8, 4) is 17.6 Å². The van der Waals surface area contributed by atoms with E-state index in [1.165, 1.54) is 10.8 Å². The van der Waals surface area contributed by atoms with Crippen molar-refractivity contribution in [3.63, 3.8) is 0 Å². The average Bonchev–Trinajstić information content (AvgIpc) is 2.46. The van der Waals surface area contributed by atoms with Crippen LogP contribution in [0.25, 0.3) is 10.8 Å². The Morgan fingerprint density at radius 1 is 0.632 bits per heavy atom. The molecule has 0 atom stereocenters. The molecular weight excluding hydrogens is 232 g/mol. The Labute approximate surface area is 112 Å². The maximum absolute atomic E-state index is 9.21. The van der Waals surface area contributed by atoms with Gasteiger partial charge >= 0.3 is 0 Å². The average molecular weight is 244 g/mol. The zero-order valence-electron chi connectivity index (χ0n) is 10.3. The molecule has 0 aliphatic heterocycles. The highest BCUT2D eigenvalue weighted by atomic mass is 16.3. The van der Waals surface area contributed by atoms with Crippen molar-refractivity contribution < 1.29 is 5.11 Å². The van der Waals surface area contributed by atoms with Gasteiger partial charge in [-0.2, -0.15) is 0 Å². The largest absolute Gasteiger partial charge is 0.508 e. The lowest BCUT2D eigenvalue weighted by atomic mass is 10.1. The van der Waals surface area contributed by atoms with Crippen molar-refractivity contribution in [2.75, 3.05) is 0 Å². The van der Waals surface area contributed by atoms with Crippen molar-refractivity contribution >= 4 is 10.8 Å². The lowest BCUT2D eigenvalue weighted by molar-refractivity contribution is 0.475. The zero-order chi connectivity index (χ0) is 13.1. The Morgan fingerprint density at radius 3 is 2.05 bits per heavy atom. The van der Waals surface area contributed by atoms with Crippen LogP contribution >= 0.6 is 0 Å². The molecule has 1 heteroatoms. The molecular formula is C18H12O. The molecule has 90 valence electrons. The number of fused-ring (bicyclic) bond motifs is 1. The first-order chi connectivity index (χ1) is 9.31. The van der Waals surface area contributed by atoms with Gasteiger partial charge in [-0.05, 0) is 47.2 Å². The molecule has 3 aromatic carbocycles. The standard InChI is InChI=1S/C18H12O/c19-18-11-8-14(9-12-18)5-6-15-7-10-16-3-1-2-4-17(16)13-15/h1-4,7-13,19H. The second kappa shape index (κ2) is 4.88. The molecule has 0 heterocycles. The summed E-state index contributed by atoms with van der Waals surface area (Å²) in [5, 5.41) is 11.6. The SMILES string of the molecule is Oc1ccc(C#Cc2ccc3ccccc3c2)cc1. The summed E-state index contributed by atoms with van der Waals surface area (Å²) in [4.78, 5) is 0. The number of rotatable bonds is 0. The summed E-state index contributed by atoms with van der Waals surface area (Å²) in [6, 6.07) is 21.3. The molecule has 0 aliphatic rings. The fourth-order valence-corrected chi connectivity index (χ4v) is 1.96. The van der Waals surface area contributed by atoms with Gasteiger partial charge in [0.05, 0.1) is 0 Å². The summed E-state index contributed by atoms with van der Waals surface area (Å²) >= 11 is 0. The highest BCUT2D eigenvalue weighted by Gasteiger charge is 1.93. The molecule has 3 aromatic rings. The van der Waals surface area contributed by atoms with Crippen molar-refractivity contribution in [2.24, 2.45) is 0 Å². The van der Waals surface area contributed by atoms with Gasteiger partial charge in [-0.3, -0.25) is 0 Å². The smallest absolute Gasteiger partial charge is 0.115 e. The third-order valence-electron chi connectivity index (χ3n) is 2.97. The summed E-state index contributed by atoms with van der Waals surface area (Å²) in [6.07, 6.45) is 0. The highest BCUT2D eigenvalue weighted by Crippen LogP contribution is 2.15. The molecule has 0 aromatic heterocycles. The second-order valence-electron chi connectivity index (χ2n) is 4.36. The van der Waals surface area contributed by atoms with E-state index < -0.39 is 0 Å². The predicted octanol–water partition coefficient (Wildman–Crippen LogP) is 3.95. The highest BCUT2D eigenvalue weighted by molar-refractivity contribution is 5.83. The first kappa shape index (κ1) is 11.4. The van der Waals surface area contributed by atoms with E-state index in [2.05, 4.69) is 36.1 Å². The quantitative estimate of drug-likeness (QED) is 0.594. The van der Waals surface area contributed by atoms with Crippen molar-refractivity contribution in [1.82, 2.24) is 0 Å². The van der Waals surface area contributed by atoms with E-state index in [0.717, 1.165) is 11.1 Å². The molecule has 0 aliphatic carbocycles. The monoisotopic (exact) mass is 244 g/mol. The lowest BCUT2D eigenvalue weighted by Gasteiger charge is -1.97. The van der Waals surface area contributed by atoms with Crippen LogP contribution in [0.1, 0.15) is 11.1 Å².